The third-order valence-corrected chi connectivity index (χ3v) is 2.47. The van der Waals surface area contributed by atoms with E-state index in [9.17, 15) is 4.79 Å². The van der Waals surface area contributed by atoms with Gasteiger partial charge in [-0.05, 0) is 19.1 Å². The lowest BCUT2D eigenvalue weighted by Gasteiger charge is -2.25. The Morgan fingerprint density at radius 2 is 2.00 bits per heavy atom. The summed E-state index contributed by atoms with van der Waals surface area (Å²) in [6.45, 7) is 3.64. The number of rotatable bonds is 2. The van der Waals surface area contributed by atoms with Crippen molar-refractivity contribution in [3.05, 3.63) is 29.8 Å². The second kappa shape index (κ2) is 3.80. The molecule has 1 aromatic rings. The van der Waals surface area contributed by atoms with E-state index in [0.29, 0.717) is 0 Å². The minimum Gasteiger partial charge on any atom is -0.326 e. The molecule has 14 heavy (non-hydrogen) atoms. The maximum atomic E-state index is 11.5. The summed E-state index contributed by atoms with van der Waals surface area (Å²) in [5.41, 5.74) is 2.08. The molecule has 0 unspecified atom stereocenters. The van der Waals surface area contributed by atoms with Crippen molar-refractivity contribution in [3.63, 3.8) is 0 Å². The Hall–Kier alpha value is -1.35. The van der Waals surface area contributed by atoms with Crippen molar-refractivity contribution in [3.8, 4) is 0 Å². The molecule has 1 aromatic carbocycles. The van der Waals surface area contributed by atoms with E-state index in [1.807, 2.05) is 31.2 Å². The molecule has 1 saturated heterocycles. The van der Waals surface area contributed by atoms with Crippen molar-refractivity contribution in [2.24, 2.45) is 5.92 Å². The highest BCUT2D eigenvalue weighted by Crippen LogP contribution is 2.11. The SMILES string of the molecule is Cc1ccc(NC(=O)C2CNC2)cc1. The monoisotopic (exact) mass is 190 g/mol. The average Bonchev–Trinajstić information content (AvgIpc) is 2.06. The second-order valence-electron chi connectivity index (χ2n) is 3.71. The summed E-state index contributed by atoms with van der Waals surface area (Å²) in [6.07, 6.45) is 0. The molecule has 0 spiro atoms. The smallest absolute Gasteiger partial charge is 0.230 e. The summed E-state index contributed by atoms with van der Waals surface area (Å²) in [4.78, 5) is 11.5. The quantitative estimate of drug-likeness (QED) is 0.734. The zero-order valence-corrected chi connectivity index (χ0v) is 8.21. The van der Waals surface area contributed by atoms with Gasteiger partial charge in [0.2, 0.25) is 5.91 Å². The number of hydrogen-bond acceptors (Lipinski definition) is 2. The van der Waals surface area contributed by atoms with Crippen LogP contribution in [0.3, 0.4) is 0 Å². The molecule has 0 radical (unpaired) electrons. The summed E-state index contributed by atoms with van der Waals surface area (Å²) in [6, 6.07) is 7.85. The summed E-state index contributed by atoms with van der Waals surface area (Å²) >= 11 is 0. The molecule has 3 heteroatoms. The number of carbonyl (C=O) groups is 1. The molecule has 0 saturated carbocycles. The van der Waals surface area contributed by atoms with Crippen LogP contribution in [-0.2, 0) is 4.79 Å². The van der Waals surface area contributed by atoms with E-state index < -0.39 is 0 Å². The van der Waals surface area contributed by atoms with Crippen LogP contribution >= 0.6 is 0 Å². The van der Waals surface area contributed by atoms with E-state index in [0.717, 1.165) is 18.8 Å². The molecule has 1 fully saturated rings. The van der Waals surface area contributed by atoms with Gasteiger partial charge in [-0.15, -0.1) is 0 Å². The number of aryl methyl sites for hydroxylation is 1. The van der Waals surface area contributed by atoms with Crippen molar-refractivity contribution in [2.45, 2.75) is 6.92 Å². The predicted molar refractivity (Wildman–Crippen MR) is 56.2 cm³/mol. The molecule has 1 aliphatic rings. The van der Waals surface area contributed by atoms with E-state index in [4.69, 9.17) is 0 Å². The fourth-order valence-electron chi connectivity index (χ4n) is 1.36. The summed E-state index contributed by atoms with van der Waals surface area (Å²) < 4.78 is 0. The van der Waals surface area contributed by atoms with Gasteiger partial charge in [-0.3, -0.25) is 4.79 Å². The molecule has 3 nitrogen and oxygen atoms in total. The maximum absolute atomic E-state index is 11.5. The van der Waals surface area contributed by atoms with Crippen LogP contribution in [0.5, 0.6) is 0 Å². The minimum atomic E-state index is 0.118. The Morgan fingerprint density at radius 3 is 2.50 bits per heavy atom. The number of carbonyl (C=O) groups excluding carboxylic acids is 1. The van der Waals surface area contributed by atoms with Gasteiger partial charge in [-0.2, -0.15) is 0 Å². The predicted octanol–water partition coefficient (Wildman–Crippen LogP) is 1.15. The zero-order chi connectivity index (χ0) is 9.97. The second-order valence-corrected chi connectivity index (χ2v) is 3.71. The molecule has 2 rings (SSSR count). The highest BCUT2D eigenvalue weighted by Gasteiger charge is 2.24. The largest absolute Gasteiger partial charge is 0.326 e. The highest BCUT2D eigenvalue weighted by molar-refractivity contribution is 5.93. The molecular weight excluding hydrogens is 176 g/mol. The number of nitrogens with one attached hydrogen (secondary N) is 2. The van der Waals surface area contributed by atoms with Gasteiger partial charge in [-0.1, -0.05) is 17.7 Å². The third-order valence-electron chi connectivity index (χ3n) is 2.47. The standard InChI is InChI=1S/C11H14N2O/c1-8-2-4-10(5-3-8)13-11(14)9-6-12-7-9/h2-5,9,12H,6-7H2,1H3,(H,13,14). The molecule has 0 aromatic heterocycles. The highest BCUT2D eigenvalue weighted by atomic mass is 16.2. The van der Waals surface area contributed by atoms with Crippen molar-refractivity contribution < 1.29 is 4.79 Å². The zero-order valence-electron chi connectivity index (χ0n) is 8.21. The Labute approximate surface area is 83.5 Å². The van der Waals surface area contributed by atoms with Crippen LogP contribution in [0.2, 0.25) is 0 Å². The van der Waals surface area contributed by atoms with Crippen molar-refractivity contribution in [2.75, 3.05) is 18.4 Å². The summed E-state index contributed by atoms with van der Waals surface area (Å²) in [5.74, 6) is 0.268. The summed E-state index contributed by atoms with van der Waals surface area (Å²) in [7, 11) is 0. The number of amides is 1. The first kappa shape index (κ1) is 9.21. The lowest BCUT2D eigenvalue weighted by atomic mass is 10.0. The molecule has 1 amide bonds. The Morgan fingerprint density at radius 1 is 1.36 bits per heavy atom. The van der Waals surface area contributed by atoms with Gasteiger partial charge >= 0.3 is 0 Å². The van der Waals surface area contributed by atoms with E-state index in [1.54, 1.807) is 0 Å². The van der Waals surface area contributed by atoms with Gasteiger partial charge in [0.25, 0.3) is 0 Å². The fraction of sp³-hybridized carbons (Fsp3) is 0.364. The normalized spacial score (nSPS) is 16.1. The lowest BCUT2D eigenvalue weighted by molar-refractivity contribution is -0.121. The first-order valence-electron chi connectivity index (χ1n) is 4.84. The Kier molecular flexibility index (Phi) is 2.50. The average molecular weight is 190 g/mol. The molecule has 0 aliphatic carbocycles. The minimum absolute atomic E-state index is 0.118. The number of benzene rings is 1. The van der Waals surface area contributed by atoms with Gasteiger partial charge in [-0.25, -0.2) is 0 Å². The number of hydrogen-bond donors (Lipinski definition) is 2. The first-order valence-corrected chi connectivity index (χ1v) is 4.84. The summed E-state index contributed by atoms with van der Waals surface area (Å²) in [5, 5.41) is 5.97. The van der Waals surface area contributed by atoms with Crippen molar-refractivity contribution in [1.82, 2.24) is 5.32 Å². The van der Waals surface area contributed by atoms with Crippen LogP contribution < -0.4 is 10.6 Å². The third kappa shape index (κ3) is 1.93. The van der Waals surface area contributed by atoms with E-state index >= 15 is 0 Å². The van der Waals surface area contributed by atoms with Gasteiger partial charge in [0.15, 0.2) is 0 Å². The molecule has 74 valence electrons. The molecule has 1 aliphatic heterocycles. The number of anilines is 1. The Bertz CT molecular complexity index is 328. The molecule has 2 N–H and O–H groups in total. The van der Waals surface area contributed by atoms with E-state index in [-0.39, 0.29) is 11.8 Å². The molecule has 1 heterocycles. The van der Waals surface area contributed by atoms with Crippen LogP contribution in [0, 0.1) is 12.8 Å². The van der Waals surface area contributed by atoms with Gasteiger partial charge in [0, 0.05) is 18.8 Å². The van der Waals surface area contributed by atoms with Crippen molar-refractivity contribution >= 4 is 11.6 Å². The molecule has 0 bridgehead atoms. The van der Waals surface area contributed by atoms with Gasteiger partial charge in [0.05, 0.1) is 5.92 Å². The van der Waals surface area contributed by atoms with Crippen LogP contribution in [-0.4, -0.2) is 19.0 Å². The van der Waals surface area contributed by atoms with E-state index in [1.165, 1.54) is 5.56 Å². The van der Waals surface area contributed by atoms with Crippen LogP contribution in [0.25, 0.3) is 0 Å². The van der Waals surface area contributed by atoms with Gasteiger partial charge < -0.3 is 10.6 Å². The van der Waals surface area contributed by atoms with Crippen LogP contribution in [0.1, 0.15) is 5.56 Å². The lowest BCUT2D eigenvalue weighted by Crippen LogP contribution is -2.48. The first-order chi connectivity index (χ1) is 6.75. The maximum Gasteiger partial charge on any atom is 0.230 e. The molecule has 0 atom stereocenters. The Balaban J connectivity index is 1.96. The fourth-order valence-corrected chi connectivity index (χ4v) is 1.36. The van der Waals surface area contributed by atoms with Crippen LogP contribution in [0.15, 0.2) is 24.3 Å². The molecular formula is C11H14N2O. The van der Waals surface area contributed by atoms with Crippen molar-refractivity contribution in [1.29, 1.82) is 0 Å². The van der Waals surface area contributed by atoms with Crippen LogP contribution in [0.4, 0.5) is 5.69 Å². The van der Waals surface area contributed by atoms with Gasteiger partial charge in [0.1, 0.15) is 0 Å². The topological polar surface area (TPSA) is 41.1 Å². The van der Waals surface area contributed by atoms with E-state index in [2.05, 4.69) is 10.6 Å².